The molecule has 1 heterocycles. The maximum absolute atomic E-state index is 12.1. The fourth-order valence-corrected chi connectivity index (χ4v) is 1.88. The minimum Gasteiger partial charge on any atom is -0.466 e. The van der Waals surface area contributed by atoms with E-state index in [9.17, 15) is 19.2 Å². The number of hydrogen-bond acceptors (Lipinski definition) is 6. The number of hydrogen-bond donors (Lipinski definition) is 0. The first-order chi connectivity index (χ1) is 9.71. The monoisotopic (exact) mass is 297 g/mol. The van der Waals surface area contributed by atoms with Crippen LogP contribution in [0.5, 0.6) is 0 Å². The second kappa shape index (κ2) is 6.51. The van der Waals surface area contributed by atoms with Gasteiger partial charge in [-0.15, -0.1) is 0 Å². The molecule has 7 heteroatoms. The Balaban J connectivity index is 2.48. The van der Waals surface area contributed by atoms with Crippen LogP contribution in [-0.2, 0) is 28.7 Å². The fourth-order valence-electron chi connectivity index (χ4n) is 1.88. The lowest BCUT2D eigenvalue weighted by Crippen LogP contribution is -2.35. The summed E-state index contributed by atoms with van der Waals surface area (Å²) in [4.78, 5) is 47.2. The lowest BCUT2D eigenvalue weighted by molar-refractivity contribution is -0.146. The van der Waals surface area contributed by atoms with E-state index >= 15 is 0 Å². The summed E-state index contributed by atoms with van der Waals surface area (Å²) in [7, 11) is 1.19. The number of imide groups is 1. The van der Waals surface area contributed by atoms with Crippen LogP contribution in [0, 0.1) is 11.3 Å². The first-order valence-electron chi connectivity index (χ1n) is 6.50. The summed E-state index contributed by atoms with van der Waals surface area (Å²) in [6.07, 6.45) is 1.85. The van der Waals surface area contributed by atoms with Crippen molar-refractivity contribution in [1.82, 2.24) is 4.90 Å². The van der Waals surface area contributed by atoms with E-state index < -0.39 is 23.3 Å². The van der Waals surface area contributed by atoms with E-state index in [0.717, 1.165) is 17.1 Å². The van der Waals surface area contributed by atoms with Crippen LogP contribution >= 0.6 is 0 Å². The zero-order valence-electron chi connectivity index (χ0n) is 12.5. The third-order valence-electron chi connectivity index (χ3n) is 3.63. The van der Waals surface area contributed by atoms with Crippen LogP contribution in [0.1, 0.15) is 20.8 Å². The van der Waals surface area contributed by atoms with E-state index in [4.69, 9.17) is 4.74 Å². The van der Waals surface area contributed by atoms with Crippen molar-refractivity contribution in [2.24, 2.45) is 11.3 Å². The smallest absolute Gasteiger partial charge is 0.331 e. The highest BCUT2D eigenvalue weighted by molar-refractivity contribution is 6.06. The number of carbonyl (C=O) groups excluding carboxylic acids is 4. The quantitative estimate of drug-likeness (QED) is 0.411. The highest BCUT2D eigenvalue weighted by atomic mass is 16.5. The Morgan fingerprint density at radius 2 is 1.81 bits per heavy atom. The molecule has 1 saturated heterocycles. The van der Waals surface area contributed by atoms with Crippen molar-refractivity contribution in [2.45, 2.75) is 20.8 Å². The van der Waals surface area contributed by atoms with Gasteiger partial charge in [0.1, 0.15) is 6.61 Å². The Hall–Kier alpha value is -2.18. The van der Waals surface area contributed by atoms with Crippen LogP contribution < -0.4 is 0 Å². The molecule has 116 valence electrons. The van der Waals surface area contributed by atoms with E-state index in [0.29, 0.717) is 0 Å². The van der Waals surface area contributed by atoms with Crippen molar-refractivity contribution < 1.29 is 28.7 Å². The van der Waals surface area contributed by atoms with Crippen molar-refractivity contribution >= 4 is 23.8 Å². The molecule has 1 aliphatic heterocycles. The molecule has 0 bridgehead atoms. The minimum absolute atomic E-state index is 0.00322. The summed E-state index contributed by atoms with van der Waals surface area (Å²) in [6.45, 7) is 5.01. The van der Waals surface area contributed by atoms with Crippen LogP contribution in [0.3, 0.4) is 0 Å². The van der Waals surface area contributed by atoms with Crippen LogP contribution in [0.15, 0.2) is 12.2 Å². The normalized spacial score (nSPS) is 21.0. The third kappa shape index (κ3) is 3.68. The predicted molar refractivity (Wildman–Crippen MR) is 71.8 cm³/mol. The van der Waals surface area contributed by atoms with Gasteiger partial charge in [-0.05, 0) is 0 Å². The van der Waals surface area contributed by atoms with Crippen molar-refractivity contribution in [3.8, 4) is 0 Å². The zero-order valence-corrected chi connectivity index (χ0v) is 12.5. The largest absolute Gasteiger partial charge is 0.466 e. The molecule has 1 rings (SSSR count). The van der Waals surface area contributed by atoms with Crippen molar-refractivity contribution in [3.05, 3.63) is 12.2 Å². The van der Waals surface area contributed by atoms with E-state index in [2.05, 4.69) is 4.74 Å². The van der Waals surface area contributed by atoms with Crippen LogP contribution in [0.4, 0.5) is 0 Å². The molecule has 21 heavy (non-hydrogen) atoms. The molecule has 1 aliphatic rings. The van der Waals surface area contributed by atoms with Gasteiger partial charge in [0.15, 0.2) is 0 Å². The summed E-state index contributed by atoms with van der Waals surface area (Å²) in [5, 5.41) is 0. The Bertz CT molecular complexity index is 494. The van der Waals surface area contributed by atoms with Gasteiger partial charge in [0, 0.05) is 18.1 Å². The molecule has 0 N–H and O–H groups in total. The topological polar surface area (TPSA) is 90.0 Å². The highest BCUT2D eigenvalue weighted by Gasteiger charge is 2.50. The molecule has 1 fully saturated rings. The number of likely N-dealkylation sites (tertiary alicyclic amines) is 1. The van der Waals surface area contributed by atoms with Gasteiger partial charge in [-0.1, -0.05) is 20.8 Å². The van der Waals surface area contributed by atoms with E-state index in [1.165, 1.54) is 7.11 Å². The van der Waals surface area contributed by atoms with Crippen LogP contribution in [-0.4, -0.2) is 48.9 Å². The predicted octanol–water partition coefficient (Wildman–Crippen LogP) is 0.290. The molecule has 0 saturated carbocycles. The summed E-state index contributed by atoms with van der Waals surface area (Å²) in [5.74, 6) is -2.37. The van der Waals surface area contributed by atoms with Gasteiger partial charge in [0.25, 0.3) is 0 Å². The molecule has 1 atom stereocenters. The van der Waals surface area contributed by atoms with Gasteiger partial charge >= 0.3 is 11.9 Å². The molecular formula is C14H19NO6. The molecule has 0 aromatic heterocycles. The van der Waals surface area contributed by atoms with Crippen molar-refractivity contribution in [2.75, 3.05) is 20.3 Å². The maximum atomic E-state index is 12.1. The lowest BCUT2D eigenvalue weighted by atomic mass is 9.82. The van der Waals surface area contributed by atoms with Crippen LogP contribution in [0.2, 0.25) is 0 Å². The standard InChI is InChI=1S/C14H19NO6/c1-9-12(18)15(13(19)14(9,2)3)7-8-21-11(17)6-5-10(16)20-4/h5-6,9H,7-8H2,1-4H3/b6-5+. The molecule has 0 spiro atoms. The molecule has 7 nitrogen and oxygen atoms in total. The second-order valence-electron chi connectivity index (χ2n) is 5.26. The van der Waals surface area contributed by atoms with Crippen molar-refractivity contribution in [3.63, 3.8) is 0 Å². The highest BCUT2D eigenvalue weighted by Crippen LogP contribution is 2.36. The molecule has 0 aromatic carbocycles. The van der Waals surface area contributed by atoms with Gasteiger partial charge in [-0.25, -0.2) is 9.59 Å². The summed E-state index contributed by atoms with van der Waals surface area (Å²) in [5.41, 5.74) is -0.744. The molecular weight excluding hydrogens is 278 g/mol. The minimum atomic E-state index is -0.744. The van der Waals surface area contributed by atoms with E-state index in [1.807, 2.05) is 0 Å². The van der Waals surface area contributed by atoms with E-state index in [1.54, 1.807) is 20.8 Å². The van der Waals surface area contributed by atoms with E-state index in [-0.39, 0.29) is 25.0 Å². The van der Waals surface area contributed by atoms with Gasteiger partial charge in [-0.2, -0.15) is 0 Å². The summed E-state index contributed by atoms with van der Waals surface area (Å²) < 4.78 is 9.14. The van der Waals surface area contributed by atoms with Gasteiger partial charge in [-0.3, -0.25) is 14.5 Å². The number of esters is 2. The van der Waals surface area contributed by atoms with Gasteiger partial charge in [0.2, 0.25) is 11.8 Å². The first kappa shape index (κ1) is 16.9. The van der Waals surface area contributed by atoms with Gasteiger partial charge in [0.05, 0.1) is 19.1 Å². The number of nitrogens with zero attached hydrogens (tertiary/aromatic N) is 1. The van der Waals surface area contributed by atoms with Gasteiger partial charge < -0.3 is 9.47 Å². The number of amides is 2. The average molecular weight is 297 g/mol. The molecule has 0 aliphatic carbocycles. The number of methoxy groups -OCH3 is 1. The number of carbonyl (C=O) groups is 4. The molecule has 1 unspecified atom stereocenters. The maximum Gasteiger partial charge on any atom is 0.331 e. The SMILES string of the molecule is COC(=O)/C=C/C(=O)OCCN1C(=O)C(C)C(C)(C)C1=O. The Morgan fingerprint density at radius 3 is 2.29 bits per heavy atom. The second-order valence-corrected chi connectivity index (χ2v) is 5.26. The third-order valence-corrected chi connectivity index (χ3v) is 3.63. The number of ether oxygens (including phenoxy) is 2. The lowest BCUT2D eigenvalue weighted by Gasteiger charge is -2.18. The zero-order chi connectivity index (χ0) is 16.2. The van der Waals surface area contributed by atoms with Crippen LogP contribution in [0.25, 0.3) is 0 Å². The summed E-state index contributed by atoms with van der Waals surface area (Å²) >= 11 is 0. The Labute approximate surface area is 122 Å². The fraction of sp³-hybridized carbons (Fsp3) is 0.571. The molecule has 0 aromatic rings. The first-order valence-corrected chi connectivity index (χ1v) is 6.50. The average Bonchev–Trinajstić information content (AvgIpc) is 2.59. The Morgan fingerprint density at radius 1 is 1.24 bits per heavy atom. The molecule has 2 amide bonds. The number of rotatable bonds is 5. The Kier molecular flexibility index (Phi) is 5.23. The summed E-state index contributed by atoms with van der Waals surface area (Å²) in [6, 6.07) is 0. The molecule has 0 radical (unpaired) electrons. The van der Waals surface area contributed by atoms with Crippen molar-refractivity contribution in [1.29, 1.82) is 0 Å².